The first-order valence-electron chi connectivity index (χ1n) is 8.76. The van der Waals surface area contributed by atoms with Gasteiger partial charge in [0.1, 0.15) is 5.82 Å². The first-order chi connectivity index (χ1) is 12.9. The first kappa shape index (κ1) is 15.1. The number of nitrogens with zero attached hydrogens (tertiary/aromatic N) is 3. The van der Waals surface area contributed by atoms with E-state index in [0.29, 0.717) is 0 Å². The predicted octanol–water partition coefficient (Wildman–Crippen LogP) is 2.61. The zero-order chi connectivity index (χ0) is 17.3. The number of aromatic amines is 2. The number of hydrogen-bond donors (Lipinski definition) is 4. The average molecular weight is 345 g/mol. The van der Waals surface area contributed by atoms with Crippen molar-refractivity contribution in [2.24, 2.45) is 0 Å². The lowest BCUT2D eigenvalue weighted by atomic mass is 10.1. The Labute approximate surface area is 150 Å². The number of imidazole rings is 1. The summed E-state index contributed by atoms with van der Waals surface area (Å²) in [5.41, 5.74) is 5.48. The van der Waals surface area contributed by atoms with Crippen molar-refractivity contribution in [3.05, 3.63) is 59.9 Å². The summed E-state index contributed by atoms with van der Waals surface area (Å²) in [4.78, 5) is 20.2. The third-order valence-electron chi connectivity index (χ3n) is 4.76. The predicted molar refractivity (Wildman–Crippen MR) is 101 cm³/mol. The topological polar surface area (TPSA) is 94.3 Å². The molecule has 130 valence electrons. The lowest BCUT2D eigenvalue weighted by Crippen LogP contribution is -2.11. The highest BCUT2D eigenvalue weighted by atomic mass is 15.1. The molecule has 1 aromatic carbocycles. The van der Waals surface area contributed by atoms with E-state index < -0.39 is 0 Å². The van der Waals surface area contributed by atoms with Crippen LogP contribution in [0.15, 0.2) is 43.0 Å². The van der Waals surface area contributed by atoms with Crippen molar-refractivity contribution in [3.8, 4) is 11.4 Å². The molecular weight excluding hydrogens is 326 g/mol. The molecule has 0 spiro atoms. The molecule has 7 nitrogen and oxygen atoms in total. The van der Waals surface area contributed by atoms with E-state index in [0.717, 1.165) is 65.6 Å². The molecular formula is C19H19N7. The first-order valence-corrected chi connectivity index (χ1v) is 8.76. The zero-order valence-electron chi connectivity index (χ0n) is 14.2. The van der Waals surface area contributed by atoms with E-state index in [-0.39, 0.29) is 0 Å². The van der Waals surface area contributed by atoms with Gasteiger partial charge in [-0.25, -0.2) is 15.0 Å². The summed E-state index contributed by atoms with van der Waals surface area (Å²) in [6.07, 6.45) is 6.42. The molecule has 0 bridgehead atoms. The molecule has 0 fully saturated rings. The van der Waals surface area contributed by atoms with Crippen LogP contribution in [0.2, 0.25) is 0 Å². The summed E-state index contributed by atoms with van der Waals surface area (Å²) < 4.78 is 0. The number of para-hydroxylation sites is 1. The van der Waals surface area contributed by atoms with Crippen LogP contribution in [-0.4, -0.2) is 31.5 Å². The molecule has 5 rings (SSSR count). The lowest BCUT2D eigenvalue weighted by molar-refractivity contribution is 0.758. The summed E-state index contributed by atoms with van der Waals surface area (Å²) in [7, 11) is 0. The second kappa shape index (κ2) is 6.27. The van der Waals surface area contributed by atoms with Crippen molar-refractivity contribution in [1.29, 1.82) is 0 Å². The molecule has 4 aromatic rings. The minimum atomic E-state index is 0.758. The van der Waals surface area contributed by atoms with Crippen molar-refractivity contribution >= 4 is 16.7 Å². The Morgan fingerprint density at radius 3 is 2.96 bits per heavy atom. The average Bonchev–Trinajstić information content (AvgIpc) is 3.41. The Bertz CT molecular complexity index is 1050. The summed E-state index contributed by atoms with van der Waals surface area (Å²) >= 11 is 0. The Balaban J connectivity index is 1.49. The van der Waals surface area contributed by atoms with Crippen LogP contribution in [0.4, 0.5) is 5.82 Å². The number of rotatable bonds is 5. The monoisotopic (exact) mass is 345 g/mol. The molecule has 3 aromatic heterocycles. The fraction of sp³-hybridized carbons (Fsp3) is 0.211. The van der Waals surface area contributed by atoms with Crippen LogP contribution in [0, 0.1) is 0 Å². The molecule has 7 heteroatoms. The maximum atomic E-state index is 4.85. The highest BCUT2D eigenvalue weighted by molar-refractivity contribution is 5.93. The van der Waals surface area contributed by atoms with Crippen LogP contribution in [0.1, 0.15) is 17.0 Å². The van der Waals surface area contributed by atoms with E-state index in [9.17, 15) is 0 Å². The molecule has 0 atom stereocenters. The largest absolute Gasteiger partial charge is 0.369 e. The van der Waals surface area contributed by atoms with Crippen molar-refractivity contribution < 1.29 is 0 Å². The van der Waals surface area contributed by atoms with Gasteiger partial charge < -0.3 is 20.6 Å². The lowest BCUT2D eigenvalue weighted by Gasteiger charge is -2.11. The van der Waals surface area contributed by atoms with Crippen molar-refractivity contribution in [3.63, 3.8) is 0 Å². The third kappa shape index (κ3) is 2.62. The van der Waals surface area contributed by atoms with Crippen LogP contribution in [0.5, 0.6) is 0 Å². The molecule has 0 unspecified atom stereocenters. The highest BCUT2D eigenvalue weighted by Gasteiger charge is 2.20. The quantitative estimate of drug-likeness (QED) is 0.446. The van der Waals surface area contributed by atoms with Gasteiger partial charge in [0, 0.05) is 66.2 Å². The number of benzene rings is 1. The highest BCUT2D eigenvalue weighted by Crippen LogP contribution is 2.30. The normalized spacial score (nSPS) is 13.2. The number of hydrogen-bond acceptors (Lipinski definition) is 5. The molecule has 1 aliphatic rings. The van der Waals surface area contributed by atoms with Gasteiger partial charge in [-0.15, -0.1) is 0 Å². The van der Waals surface area contributed by atoms with Crippen LogP contribution in [0.25, 0.3) is 22.3 Å². The summed E-state index contributed by atoms with van der Waals surface area (Å²) in [5.74, 6) is 1.67. The van der Waals surface area contributed by atoms with Crippen molar-refractivity contribution in [2.75, 3.05) is 11.9 Å². The number of H-pyrrole nitrogens is 2. The van der Waals surface area contributed by atoms with Crippen molar-refractivity contribution in [2.45, 2.75) is 19.5 Å². The number of anilines is 1. The SMILES string of the molecule is c1ccc2c(-c3nc4c(c(NCCc5cnc[nH]5)n3)CNC4)c[nH]c2c1. The molecule has 4 heterocycles. The number of nitrogens with one attached hydrogen (secondary N) is 4. The molecule has 26 heavy (non-hydrogen) atoms. The Morgan fingerprint density at radius 1 is 1.08 bits per heavy atom. The molecule has 1 aliphatic heterocycles. The van der Waals surface area contributed by atoms with E-state index in [1.165, 1.54) is 5.56 Å². The Morgan fingerprint density at radius 2 is 2.04 bits per heavy atom. The fourth-order valence-electron chi connectivity index (χ4n) is 3.43. The van der Waals surface area contributed by atoms with Gasteiger partial charge in [0.15, 0.2) is 5.82 Å². The van der Waals surface area contributed by atoms with Crippen LogP contribution in [-0.2, 0) is 19.5 Å². The van der Waals surface area contributed by atoms with Gasteiger partial charge in [0.25, 0.3) is 0 Å². The van der Waals surface area contributed by atoms with E-state index in [2.05, 4.69) is 37.7 Å². The Hall–Kier alpha value is -3.19. The fourth-order valence-corrected chi connectivity index (χ4v) is 3.43. The summed E-state index contributed by atoms with van der Waals surface area (Å²) in [5, 5.41) is 8.00. The van der Waals surface area contributed by atoms with Gasteiger partial charge in [-0.2, -0.15) is 0 Å². The zero-order valence-corrected chi connectivity index (χ0v) is 14.2. The molecule has 0 aliphatic carbocycles. The van der Waals surface area contributed by atoms with E-state index >= 15 is 0 Å². The molecule has 4 N–H and O–H groups in total. The second-order valence-electron chi connectivity index (χ2n) is 6.43. The van der Waals surface area contributed by atoms with E-state index in [4.69, 9.17) is 9.97 Å². The minimum Gasteiger partial charge on any atom is -0.369 e. The molecule has 0 radical (unpaired) electrons. The maximum absolute atomic E-state index is 4.85. The van der Waals surface area contributed by atoms with Crippen LogP contribution in [0.3, 0.4) is 0 Å². The standard InChI is InChI=1S/C19H19N7/c1-2-4-16-13(3-1)14(9-23-16)19-25-17-10-20-8-15(17)18(26-19)22-6-5-12-7-21-11-24-12/h1-4,7,9,11,20,23H,5-6,8,10H2,(H,21,24)(H,22,25,26). The van der Waals surface area contributed by atoms with Gasteiger partial charge in [0.2, 0.25) is 0 Å². The van der Waals surface area contributed by atoms with Crippen LogP contribution >= 0.6 is 0 Å². The summed E-state index contributed by atoms with van der Waals surface area (Å²) in [6.45, 7) is 2.37. The van der Waals surface area contributed by atoms with E-state index in [1.54, 1.807) is 6.33 Å². The number of fused-ring (bicyclic) bond motifs is 2. The van der Waals surface area contributed by atoms with Gasteiger partial charge >= 0.3 is 0 Å². The maximum Gasteiger partial charge on any atom is 0.163 e. The third-order valence-corrected chi connectivity index (χ3v) is 4.76. The van der Waals surface area contributed by atoms with Gasteiger partial charge in [-0.3, -0.25) is 0 Å². The Kier molecular flexibility index (Phi) is 3.64. The summed E-state index contributed by atoms with van der Waals surface area (Å²) in [6, 6.07) is 8.23. The minimum absolute atomic E-state index is 0.758. The molecule has 0 saturated carbocycles. The smallest absolute Gasteiger partial charge is 0.163 e. The molecule has 0 saturated heterocycles. The molecule has 0 amide bonds. The van der Waals surface area contributed by atoms with Gasteiger partial charge in [-0.05, 0) is 6.07 Å². The second-order valence-corrected chi connectivity index (χ2v) is 6.43. The van der Waals surface area contributed by atoms with Crippen molar-refractivity contribution in [1.82, 2.24) is 30.2 Å². The van der Waals surface area contributed by atoms with Gasteiger partial charge in [0.05, 0.1) is 12.0 Å². The van der Waals surface area contributed by atoms with Gasteiger partial charge in [-0.1, -0.05) is 18.2 Å². The van der Waals surface area contributed by atoms with E-state index in [1.807, 2.05) is 24.5 Å². The van der Waals surface area contributed by atoms with Crippen LogP contribution < -0.4 is 10.6 Å². The number of aromatic nitrogens is 5.